The molecule has 2 atom stereocenters. The van der Waals surface area contributed by atoms with E-state index in [-0.39, 0.29) is 11.2 Å². The molecule has 94 valence electrons. The van der Waals surface area contributed by atoms with Gasteiger partial charge in [0.15, 0.2) is 0 Å². The van der Waals surface area contributed by atoms with E-state index in [9.17, 15) is 0 Å². The number of fused-ring (bicyclic) bond motifs is 6. The van der Waals surface area contributed by atoms with Gasteiger partial charge in [-0.3, -0.25) is 0 Å². The number of hydrogen-bond acceptors (Lipinski definition) is 2. The van der Waals surface area contributed by atoms with Gasteiger partial charge in [0.1, 0.15) is 11.2 Å². The monoisotopic (exact) mass is 250 g/mol. The minimum absolute atomic E-state index is 0.198. The van der Waals surface area contributed by atoms with Gasteiger partial charge in [-0.2, -0.15) is 0 Å². The van der Waals surface area contributed by atoms with E-state index in [1.807, 2.05) is 0 Å². The Morgan fingerprint density at radius 3 is 1.89 bits per heavy atom. The second kappa shape index (κ2) is 2.92. The molecule has 2 heterocycles. The summed E-state index contributed by atoms with van der Waals surface area (Å²) in [5.74, 6) is 0. The van der Waals surface area contributed by atoms with Gasteiger partial charge in [-0.05, 0) is 29.2 Å². The predicted octanol–water partition coefficient (Wildman–Crippen LogP) is 2.86. The summed E-state index contributed by atoms with van der Waals surface area (Å²) < 4.78 is 11.8. The second-order valence-corrected chi connectivity index (χ2v) is 5.83. The molecule has 2 nitrogen and oxygen atoms in total. The Bertz CT molecular complexity index is 709. The highest BCUT2D eigenvalue weighted by molar-refractivity contribution is 5.61. The Hall–Kier alpha value is -1.64. The van der Waals surface area contributed by atoms with Gasteiger partial charge in [-0.15, -0.1) is 0 Å². The molecule has 0 bridgehead atoms. The minimum atomic E-state index is -0.199. The van der Waals surface area contributed by atoms with Gasteiger partial charge in [0.05, 0.1) is 13.2 Å². The summed E-state index contributed by atoms with van der Waals surface area (Å²) >= 11 is 0. The lowest BCUT2D eigenvalue weighted by molar-refractivity contribution is 0.302. The van der Waals surface area contributed by atoms with Gasteiger partial charge < -0.3 is 9.47 Å². The van der Waals surface area contributed by atoms with Gasteiger partial charge in [0.2, 0.25) is 0 Å². The van der Waals surface area contributed by atoms with Crippen molar-refractivity contribution in [2.24, 2.45) is 0 Å². The average molecular weight is 250 g/mol. The minimum Gasteiger partial charge on any atom is -0.359 e. The third-order valence-corrected chi connectivity index (χ3v) is 4.71. The Labute approximate surface area is 112 Å². The number of epoxide rings is 2. The van der Waals surface area contributed by atoms with Gasteiger partial charge in [-0.1, -0.05) is 48.0 Å². The lowest BCUT2D eigenvalue weighted by Crippen LogP contribution is -2.29. The average Bonchev–Trinajstić information content (AvgIpc) is 3.33. The van der Waals surface area contributed by atoms with Gasteiger partial charge in [0.25, 0.3) is 0 Å². The van der Waals surface area contributed by atoms with Crippen LogP contribution < -0.4 is 0 Å². The highest BCUT2D eigenvalue weighted by Gasteiger charge is 2.63. The molecule has 5 rings (SSSR count). The van der Waals surface area contributed by atoms with Gasteiger partial charge in [0, 0.05) is 0 Å². The van der Waals surface area contributed by atoms with Gasteiger partial charge in [-0.25, -0.2) is 0 Å². The highest BCUT2D eigenvalue weighted by Crippen LogP contribution is 2.60. The van der Waals surface area contributed by atoms with E-state index in [1.165, 1.54) is 27.8 Å². The number of aryl methyl sites for hydroxylation is 1. The van der Waals surface area contributed by atoms with Crippen molar-refractivity contribution >= 4 is 0 Å². The molecule has 2 heteroatoms. The van der Waals surface area contributed by atoms with Crippen LogP contribution in [0, 0.1) is 6.92 Å². The van der Waals surface area contributed by atoms with Gasteiger partial charge >= 0.3 is 0 Å². The standard InChI is InChI=1S/C17H14O2/c1-11-6-7-14-15(8-11)17(10-19-17)13-5-3-2-4-12(13)16(14)9-18-16/h2-8H,9-10H2,1H3. The largest absolute Gasteiger partial charge is 0.359 e. The zero-order valence-electron chi connectivity index (χ0n) is 10.8. The Morgan fingerprint density at radius 2 is 1.32 bits per heavy atom. The second-order valence-electron chi connectivity index (χ2n) is 5.83. The third-order valence-electron chi connectivity index (χ3n) is 4.71. The van der Waals surface area contributed by atoms with Crippen molar-refractivity contribution in [1.82, 2.24) is 0 Å². The molecule has 0 radical (unpaired) electrons. The van der Waals surface area contributed by atoms with Crippen molar-refractivity contribution in [3.8, 4) is 0 Å². The molecule has 2 aliphatic heterocycles. The molecule has 3 aliphatic rings. The van der Waals surface area contributed by atoms with Crippen LogP contribution in [0.5, 0.6) is 0 Å². The molecule has 19 heavy (non-hydrogen) atoms. The summed E-state index contributed by atoms with van der Waals surface area (Å²) in [5, 5.41) is 0. The lowest BCUT2D eigenvalue weighted by atomic mass is 9.72. The van der Waals surface area contributed by atoms with Crippen LogP contribution in [0.2, 0.25) is 0 Å². The van der Waals surface area contributed by atoms with E-state index in [0.717, 1.165) is 13.2 Å². The summed E-state index contributed by atoms with van der Waals surface area (Å²) in [7, 11) is 0. The van der Waals surface area contributed by atoms with Crippen LogP contribution in [0.25, 0.3) is 0 Å². The molecule has 1 aliphatic carbocycles. The molecule has 0 saturated carbocycles. The zero-order chi connectivity index (χ0) is 12.7. The fourth-order valence-electron chi connectivity index (χ4n) is 3.59. The molecule has 2 saturated heterocycles. The van der Waals surface area contributed by atoms with Crippen LogP contribution in [-0.2, 0) is 20.7 Å². The quantitative estimate of drug-likeness (QED) is 0.672. The van der Waals surface area contributed by atoms with Crippen molar-refractivity contribution in [3.05, 3.63) is 70.3 Å². The first-order valence-electron chi connectivity index (χ1n) is 6.76. The molecular weight excluding hydrogens is 236 g/mol. The lowest BCUT2D eigenvalue weighted by Gasteiger charge is -2.31. The molecule has 2 aromatic carbocycles. The van der Waals surface area contributed by atoms with Crippen LogP contribution in [0.4, 0.5) is 0 Å². The summed E-state index contributed by atoms with van der Waals surface area (Å²) in [6.45, 7) is 3.71. The van der Waals surface area contributed by atoms with Crippen LogP contribution in [-0.4, -0.2) is 13.2 Å². The normalized spacial score (nSPS) is 33.1. The Kier molecular flexibility index (Phi) is 1.56. The number of benzene rings is 2. The topological polar surface area (TPSA) is 25.1 Å². The Balaban J connectivity index is 1.90. The molecule has 0 aromatic heterocycles. The van der Waals surface area contributed by atoms with Crippen LogP contribution >= 0.6 is 0 Å². The maximum atomic E-state index is 5.91. The van der Waals surface area contributed by atoms with E-state index < -0.39 is 0 Å². The molecule has 2 fully saturated rings. The van der Waals surface area contributed by atoms with E-state index in [4.69, 9.17) is 9.47 Å². The highest BCUT2D eigenvalue weighted by atomic mass is 16.6. The molecule has 2 unspecified atom stereocenters. The number of ether oxygens (including phenoxy) is 2. The smallest absolute Gasteiger partial charge is 0.142 e. The first-order valence-corrected chi connectivity index (χ1v) is 6.76. The molecule has 0 amide bonds. The number of rotatable bonds is 0. The first-order chi connectivity index (χ1) is 9.26. The summed E-state index contributed by atoms with van der Waals surface area (Å²) in [4.78, 5) is 0. The summed E-state index contributed by atoms with van der Waals surface area (Å²) in [6, 6.07) is 15.2. The van der Waals surface area contributed by atoms with Crippen molar-refractivity contribution in [3.63, 3.8) is 0 Å². The van der Waals surface area contributed by atoms with Crippen molar-refractivity contribution in [1.29, 1.82) is 0 Å². The summed E-state index contributed by atoms with van der Waals surface area (Å²) in [5.41, 5.74) is 6.09. The third kappa shape index (κ3) is 1.06. The van der Waals surface area contributed by atoms with Crippen LogP contribution in [0.3, 0.4) is 0 Å². The zero-order valence-corrected chi connectivity index (χ0v) is 10.8. The van der Waals surface area contributed by atoms with Crippen molar-refractivity contribution in [2.45, 2.75) is 18.1 Å². The van der Waals surface area contributed by atoms with Crippen LogP contribution in [0.15, 0.2) is 42.5 Å². The van der Waals surface area contributed by atoms with Crippen molar-refractivity contribution in [2.75, 3.05) is 13.2 Å². The molecule has 2 spiro atoms. The number of hydrogen-bond donors (Lipinski definition) is 0. The van der Waals surface area contributed by atoms with E-state index in [2.05, 4.69) is 49.4 Å². The molecule has 0 N–H and O–H groups in total. The molecular formula is C17H14O2. The van der Waals surface area contributed by atoms with E-state index in [0.29, 0.717) is 0 Å². The Morgan fingerprint density at radius 1 is 0.789 bits per heavy atom. The van der Waals surface area contributed by atoms with E-state index >= 15 is 0 Å². The fourth-order valence-corrected chi connectivity index (χ4v) is 3.59. The predicted molar refractivity (Wildman–Crippen MR) is 71.1 cm³/mol. The van der Waals surface area contributed by atoms with Crippen molar-refractivity contribution < 1.29 is 9.47 Å². The summed E-state index contributed by atoms with van der Waals surface area (Å²) in [6.07, 6.45) is 0. The fraction of sp³-hybridized carbons (Fsp3) is 0.294. The van der Waals surface area contributed by atoms with E-state index in [1.54, 1.807) is 0 Å². The first kappa shape index (κ1) is 10.2. The maximum absolute atomic E-state index is 5.91. The SMILES string of the molecule is Cc1ccc2c(c1)C1(CO1)c1ccccc1C21CO1. The molecule has 2 aromatic rings. The maximum Gasteiger partial charge on any atom is 0.142 e. The van der Waals surface area contributed by atoms with Crippen LogP contribution in [0.1, 0.15) is 27.8 Å².